The first kappa shape index (κ1) is 70.8. The van der Waals surface area contributed by atoms with Crippen molar-refractivity contribution in [3.8, 4) is 23.0 Å². The molecule has 4 aromatic carbocycles. The molecule has 2 aliphatic heterocycles. The average molecular weight is 1310 g/mol. The van der Waals surface area contributed by atoms with Crippen molar-refractivity contribution in [3.05, 3.63) is 125 Å². The first-order chi connectivity index (χ1) is 45.8. The third kappa shape index (κ3) is 21.5. The summed E-state index contributed by atoms with van der Waals surface area (Å²) in [6, 6.07) is 22.9. The average Bonchev–Trinajstić information content (AvgIpc) is 1.70. The molecule has 1 fully saturated rings. The van der Waals surface area contributed by atoms with Crippen LogP contribution in [-0.4, -0.2) is 142 Å². The highest BCUT2D eigenvalue weighted by atomic mass is 16.6. The van der Waals surface area contributed by atoms with Gasteiger partial charge in [0.25, 0.3) is 0 Å². The number of hydrogen-bond acceptors (Lipinski definition) is 16. The maximum Gasteiger partial charge on any atom is 0.415 e. The van der Waals surface area contributed by atoms with E-state index in [1.165, 1.54) is 29.5 Å². The van der Waals surface area contributed by atoms with Crippen LogP contribution in [0.3, 0.4) is 0 Å². The number of piperidine rings is 1. The van der Waals surface area contributed by atoms with Crippen LogP contribution in [0.5, 0.6) is 23.0 Å². The van der Waals surface area contributed by atoms with E-state index in [1.54, 1.807) is 55.6 Å². The summed E-state index contributed by atoms with van der Waals surface area (Å²) < 4.78 is 35.9. The van der Waals surface area contributed by atoms with Gasteiger partial charge in [0.1, 0.15) is 42.6 Å². The Hall–Kier alpha value is -10.1. The SMILES string of the molecule is COc1ccc2c3c1O[C@@H]1C[C@@H](CC=C1OC(=O)N1CCC(C(=O)NCCCC[C@H](NC(=O)OCc4ccccc4)C(=O)NCCOc4ccc(C(=O)Oc5ccc(NC(=N)N)cc5)cc4)CC1CNC(=O)[C@H](CCCNC(=N)N)NC(=O)CNC(C)=O)[C@@H](C2)C(C)CCC3. The minimum absolute atomic E-state index is 0.0293. The second kappa shape index (κ2) is 35.3. The Morgan fingerprint density at radius 3 is 2.21 bits per heavy atom. The Kier molecular flexibility index (Phi) is 26.3. The number of nitrogens with two attached hydrogens (primary N) is 2. The smallest absolute Gasteiger partial charge is 0.415 e. The van der Waals surface area contributed by atoms with E-state index >= 15 is 0 Å². The van der Waals surface area contributed by atoms with Gasteiger partial charge < -0.3 is 87.3 Å². The number of amides is 7. The van der Waals surface area contributed by atoms with Gasteiger partial charge in [0.15, 0.2) is 29.5 Å². The van der Waals surface area contributed by atoms with Crippen LogP contribution >= 0.6 is 0 Å². The summed E-state index contributed by atoms with van der Waals surface area (Å²) in [6.07, 6.45) is 6.82. The minimum atomic E-state index is -1.08. The molecule has 0 spiro atoms. The van der Waals surface area contributed by atoms with Gasteiger partial charge >= 0.3 is 18.2 Å². The molecule has 4 aliphatic rings. The van der Waals surface area contributed by atoms with Gasteiger partial charge in [-0.15, -0.1) is 0 Å². The molecule has 0 radical (unpaired) electrons. The highest BCUT2D eigenvalue weighted by Gasteiger charge is 2.42. The first-order valence-electron chi connectivity index (χ1n) is 32.4. The second-order valence-electron chi connectivity index (χ2n) is 24.3. The lowest BCUT2D eigenvalue weighted by Crippen LogP contribution is -2.56. The molecule has 2 aliphatic carbocycles. The quantitative estimate of drug-likeness (QED) is 0.0106. The van der Waals surface area contributed by atoms with Crippen molar-refractivity contribution < 1.29 is 66.8 Å². The van der Waals surface area contributed by atoms with Crippen molar-refractivity contribution in [3.63, 3.8) is 0 Å². The molecule has 14 N–H and O–H groups in total. The van der Waals surface area contributed by atoms with E-state index in [0.29, 0.717) is 72.6 Å². The third-order valence-corrected chi connectivity index (χ3v) is 17.5. The third-order valence-electron chi connectivity index (χ3n) is 17.5. The van der Waals surface area contributed by atoms with Crippen molar-refractivity contribution in [1.29, 1.82) is 10.8 Å². The number of carbonyl (C=O) groups is 8. The Morgan fingerprint density at radius 1 is 0.747 bits per heavy atom. The van der Waals surface area contributed by atoms with Crippen LogP contribution in [0.25, 0.3) is 0 Å². The van der Waals surface area contributed by atoms with Gasteiger partial charge in [-0.05, 0) is 167 Å². The van der Waals surface area contributed by atoms with Crippen molar-refractivity contribution >= 4 is 65.3 Å². The molecule has 4 aromatic rings. The number of carbonyl (C=O) groups excluding carboxylic acids is 8. The summed E-state index contributed by atoms with van der Waals surface area (Å²) in [7, 11) is 1.61. The van der Waals surface area contributed by atoms with Gasteiger partial charge in [-0.3, -0.25) is 34.8 Å². The Morgan fingerprint density at radius 2 is 1.47 bits per heavy atom. The molecular formula is C68H89N13O14. The van der Waals surface area contributed by atoms with Crippen molar-refractivity contribution in [2.45, 2.75) is 128 Å². The van der Waals surface area contributed by atoms with Crippen LogP contribution in [0.2, 0.25) is 0 Å². The second-order valence-corrected chi connectivity index (χ2v) is 24.3. The number of nitrogens with one attached hydrogen (secondary N) is 10. The standard InChI is InChI=1S/C68H89N13O14/c1-41-11-9-14-52-45-20-28-57(90-3)60(52)94-58-37-46(53(41)36-45)19-27-56(58)95-68(89)81-33-29-47(35-49(81)38-77-63(86)54(16-10-31-75-65(69)70)79-59(83)39-76-42(2)82)61(84)73-30-8-7-15-55(80-67(88)92-40-43-12-5-4-6-13-43)62(85)74-32-34-91-50-23-17-44(18-24-50)64(87)93-51-25-21-48(22-26-51)78-66(71)72/h4-6,12-13,17-18,20-28,41,46-47,49,53-55,58H,7-11,14-16,19,29-40H2,1-3H3,(H,73,84)(H,74,85)(H,76,82)(H,77,86)(H,79,83)(H,80,88)(H4,69,70,75)(H4,71,72,78)/t41?,46-,47?,49?,53+,54+,55+,58-/m1/s1. The minimum Gasteiger partial charge on any atom is -0.493 e. The predicted octanol–water partition coefficient (Wildman–Crippen LogP) is 5.40. The summed E-state index contributed by atoms with van der Waals surface area (Å²) in [5, 5.41) is 36.8. The maximum absolute atomic E-state index is 14.7. The van der Waals surface area contributed by atoms with Gasteiger partial charge in [0, 0.05) is 50.3 Å². The number of likely N-dealkylation sites (tertiary alicyclic amines) is 1. The topological polar surface area (TPSA) is 391 Å². The molecule has 27 nitrogen and oxygen atoms in total. The van der Waals surface area contributed by atoms with Crippen LogP contribution < -0.4 is 72.9 Å². The number of anilines is 1. The molecule has 95 heavy (non-hydrogen) atoms. The first-order valence-corrected chi connectivity index (χ1v) is 32.4. The van der Waals surface area contributed by atoms with Gasteiger partial charge in [-0.1, -0.05) is 49.7 Å². The summed E-state index contributed by atoms with van der Waals surface area (Å²) in [6.45, 7) is 3.69. The number of nitrogens with zero attached hydrogens (tertiary/aromatic N) is 1. The van der Waals surface area contributed by atoms with Gasteiger partial charge in [-0.25, -0.2) is 14.4 Å². The fourth-order valence-electron chi connectivity index (χ4n) is 12.5. The summed E-state index contributed by atoms with van der Waals surface area (Å²) in [5.41, 5.74) is 14.8. The number of ether oxygens (including phenoxy) is 6. The lowest BCUT2D eigenvalue weighted by molar-refractivity contribution is -0.130. The van der Waals surface area contributed by atoms with Crippen LogP contribution in [0.15, 0.2) is 103 Å². The number of allylic oxidation sites excluding steroid dienone is 1. The van der Waals surface area contributed by atoms with Crippen molar-refractivity contribution in [2.24, 2.45) is 35.1 Å². The number of unbranched alkanes of at least 4 members (excludes halogenated alkanes) is 1. The number of guanidine groups is 2. The zero-order valence-electron chi connectivity index (χ0n) is 54.0. The number of rotatable bonds is 29. The number of benzene rings is 4. The molecule has 0 aromatic heterocycles. The molecule has 2 heterocycles. The fraction of sp³-hybridized carbons (Fsp3) is 0.471. The van der Waals surface area contributed by atoms with Crippen molar-refractivity contribution in [2.75, 3.05) is 58.3 Å². The molecule has 6 bridgehead atoms. The van der Waals surface area contributed by atoms with Crippen LogP contribution in [-0.2, 0) is 52.9 Å². The number of alkyl carbamates (subject to hydrolysis) is 1. The van der Waals surface area contributed by atoms with Gasteiger partial charge in [-0.2, -0.15) is 0 Å². The number of hydrogen-bond donors (Lipinski definition) is 12. The van der Waals surface area contributed by atoms with E-state index in [0.717, 1.165) is 36.8 Å². The Balaban J connectivity index is 0.887. The molecule has 7 amide bonds. The molecule has 8 rings (SSSR count). The monoisotopic (exact) mass is 1310 g/mol. The van der Waals surface area contributed by atoms with Crippen LogP contribution in [0.1, 0.15) is 112 Å². The fourth-order valence-corrected chi connectivity index (χ4v) is 12.5. The van der Waals surface area contributed by atoms with E-state index in [-0.39, 0.29) is 113 Å². The van der Waals surface area contributed by atoms with Crippen LogP contribution in [0.4, 0.5) is 15.3 Å². The van der Waals surface area contributed by atoms with Gasteiger partial charge in [0.05, 0.1) is 31.8 Å². The number of methoxy groups -OCH3 is 1. The molecule has 27 heteroatoms. The molecule has 0 saturated carbocycles. The summed E-state index contributed by atoms with van der Waals surface area (Å²) in [4.78, 5) is 109. The lowest BCUT2D eigenvalue weighted by atomic mass is 9.70. The predicted molar refractivity (Wildman–Crippen MR) is 352 cm³/mol. The summed E-state index contributed by atoms with van der Waals surface area (Å²) >= 11 is 0. The highest BCUT2D eigenvalue weighted by Crippen LogP contribution is 2.47. The molecule has 8 atom stereocenters. The molecular weight excluding hydrogens is 1220 g/mol. The normalized spacial score (nSPS) is 19.1. The summed E-state index contributed by atoms with van der Waals surface area (Å²) in [5.74, 6) is -0.644. The Labute approximate surface area is 552 Å². The highest BCUT2D eigenvalue weighted by molar-refractivity contribution is 5.92. The van der Waals surface area contributed by atoms with E-state index in [9.17, 15) is 38.4 Å². The molecule has 3 unspecified atom stereocenters. The largest absolute Gasteiger partial charge is 0.493 e. The van der Waals surface area contributed by atoms with E-state index < -0.39 is 71.9 Å². The molecule has 1 saturated heterocycles. The van der Waals surface area contributed by atoms with Crippen molar-refractivity contribution in [1.82, 2.24) is 42.1 Å². The number of esters is 1. The zero-order chi connectivity index (χ0) is 67.8. The zero-order valence-corrected chi connectivity index (χ0v) is 54.0. The van der Waals surface area contributed by atoms with Gasteiger partial charge in [0.2, 0.25) is 29.5 Å². The van der Waals surface area contributed by atoms with E-state index in [4.69, 9.17) is 50.7 Å². The lowest BCUT2D eigenvalue weighted by Gasteiger charge is -2.40. The Bertz CT molecular complexity index is 3370. The number of fused-ring (bicyclic) bond motifs is 4. The maximum atomic E-state index is 14.7. The molecule has 510 valence electrons. The van der Waals surface area contributed by atoms with E-state index in [2.05, 4.69) is 55.5 Å². The van der Waals surface area contributed by atoms with Crippen LogP contribution in [0, 0.1) is 34.5 Å². The van der Waals surface area contributed by atoms with E-state index in [1.807, 2.05) is 30.3 Å².